The average molecular weight is 756 g/mol. The Bertz CT molecular complexity index is 2220. The summed E-state index contributed by atoms with van der Waals surface area (Å²) < 4.78 is 16.9. The fourth-order valence-corrected chi connectivity index (χ4v) is 7.26. The van der Waals surface area contributed by atoms with Gasteiger partial charge >= 0.3 is 17.9 Å². The first-order chi connectivity index (χ1) is 27.9. The molecule has 0 spiro atoms. The molecule has 6 rings (SSSR count). The van der Waals surface area contributed by atoms with Crippen LogP contribution in [0.3, 0.4) is 0 Å². The van der Waals surface area contributed by atoms with Crippen molar-refractivity contribution in [2.75, 3.05) is 13.2 Å². The minimum Gasteiger partial charge on any atom is -0.457 e. The van der Waals surface area contributed by atoms with Crippen molar-refractivity contribution in [1.29, 1.82) is 15.8 Å². The van der Waals surface area contributed by atoms with Gasteiger partial charge in [-0.3, -0.25) is 0 Å². The van der Waals surface area contributed by atoms with Crippen molar-refractivity contribution in [2.45, 2.75) is 63.9 Å². The van der Waals surface area contributed by atoms with E-state index in [9.17, 15) is 30.2 Å². The Morgan fingerprint density at radius 1 is 0.474 bits per heavy atom. The summed E-state index contributed by atoms with van der Waals surface area (Å²) in [6.07, 6.45) is 10.1. The summed E-state index contributed by atoms with van der Waals surface area (Å²) in [5, 5.41) is 30.3. The zero-order chi connectivity index (χ0) is 40.0. The molecule has 0 fully saturated rings. The highest BCUT2D eigenvalue weighted by atomic mass is 16.6. The predicted molar refractivity (Wildman–Crippen MR) is 215 cm³/mol. The van der Waals surface area contributed by atoms with E-state index in [1.165, 1.54) is 0 Å². The van der Waals surface area contributed by atoms with Crippen LogP contribution in [0.5, 0.6) is 0 Å². The molecule has 0 bridgehead atoms. The molecule has 284 valence electrons. The molecule has 0 saturated heterocycles. The van der Waals surface area contributed by atoms with E-state index in [0.29, 0.717) is 42.4 Å². The summed E-state index contributed by atoms with van der Waals surface area (Å²) in [5.41, 5.74) is 6.92. The molecule has 0 unspecified atom stereocenters. The van der Waals surface area contributed by atoms with Gasteiger partial charge in [-0.1, -0.05) is 109 Å². The van der Waals surface area contributed by atoms with E-state index in [1.807, 2.05) is 127 Å². The number of benzene rings is 3. The number of nitriles is 3. The number of esters is 3. The molecule has 0 atom stereocenters. The van der Waals surface area contributed by atoms with Crippen molar-refractivity contribution in [3.05, 3.63) is 159 Å². The summed E-state index contributed by atoms with van der Waals surface area (Å²) >= 11 is 0. The van der Waals surface area contributed by atoms with Gasteiger partial charge in [0.2, 0.25) is 0 Å². The maximum Gasteiger partial charge on any atom is 0.349 e. The molecule has 9 heteroatoms. The van der Waals surface area contributed by atoms with E-state index in [-0.39, 0.29) is 16.7 Å². The van der Waals surface area contributed by atoms with E-state index in [0.717, 1.165) is 65.5 Å². The molecule has 0 radical (unpaired) electrons. The van der Waals surface area contributed by atoms with E-state index in [2.05, 4.69) is 0 Å². The fourth-order valence-electron chi connectivity index (χ4n) is 7.26. The molecule has 0 amide bonds. The zero-order valence-electron chi connectivity index (χ0n) is 31.5. The second-order valence-corrected chi connectivity index (χ2v) is 13.9. The number of hydrogen-bond acceptors (Lipinski definition) is 9. The van der Waals surface area contributed by atoms with Gasteiger partial charge in [0.25, 0.3) is 0 Å². The van der Waals surface area contributed by atoms with Gasteiger partial charge < -0.3 is 14.2 Å². The van der Waals surface area contributed by atoms with E-state index < -0.39 is 37.2 Å². The van der Waals surface area contributed by atoms with Crippen LogP contribution in [-0.4, -0.2) is 37.2 Å². The Balaban J connectivity index is 1.24. The van der Waals surface area contributed by atoms with Crippen LogP contribution in [0.15, 0.2) is 143 Å². The summed E-state index contributed by atoms with van der Waals surface area (Å²) in [6.45, 7) is -1.16. The number of hydrogen-bond donors (Lipinski definition) is 0. The Labute approximate surface area is 332 Å². The lowest BCUT2D eigenvalue weighted by molar-refractivity contribution is -0.161. The Morgan fingerprint density at radius 3 is 1.11 bits per heavy atom. The number of allylic oxidation sites excluding steroid dienone is 9. The monoisotopic (exact) mass is 755 g/mol. The third kappa shape index (κ3) is 10.2. The number of carbonyl (C=O) groups excluding carboxylic acids is 3. The van der Waals surface area contributed by atoms with Crippen LogP contribution in [0.25, 0.3) is 16.7 Å². The molecule has 9 nitrogen and oxygen atoms in total. The first-order valence-corrected chi connectivity index (χ1v) is 19.1. The van der Waals surface area contributed by atoms with Crippen molar-refractivity contribution >= 4 is 34.6 Å². The van der Waals surface area contributed by atoms with Gasteiger partial charge in [0.15, 0.2) is 6.10 Å². The van der Waals surface area contributed by atoms with Crippen LogP contribution >= 0.6 is 0 Å². The first kappa shape index (κ1) is 39.7. The van der Waals surface area contributed by atoms with E-state index in [4.69, 9.17) is 14.2 Å². The molecule has 57 heavy (non-hydrogen) atoms. The first-order valence-electron chi connectivity index (χ1n) is 19.1. The van der Waals surface area contributed by atoms with Crippen LogP contribution in [-0.2, 0) is 28.6 Å². The highest BCUT2D eigenvalue weighted by Crippen LogP contribution is 2.34. The van der Waals surface area contributed by atoms with Gasteiger partial charge in [-0.2, -0.15) is 15.8 Å². The van der Waals surface area contributed by atoms with Crippen molar-refractivity contribution in [3.63, 3.8) is 0 Å². The quantitative estimate of drug-likeness (QED) is 0.0807. The van der Waals surface area contributed by atoms with Crippen LogP contribution in [0.1, 0.15) is 74.5 Å². The molecule has 0 saturated carbocycles. The second-order valence-electron chi connectivity index (χ2n) is 13.9. The van der Waals surface area contributed by atoms with Gasteiger partial charge in [0.1, 0.15) is 48.1 Å². The van der Waals surface area contributed by atoms with E-state index >= 15 is 0 Å². The maximum atomic E-state index is 13.7. The van der Waals surface area contributed by atoms with Gasteiger partial charge in [0.05, 0.1) is 0 Å². The molecule has 3 aliphatic rings. The fraction of sp³-hybridized carbons (Fsp3) is 0.250. The van der Waals surface area contributed by atoms with Gasteiger partial charge in [-0.15, -0.1) is 0 Å². The molecule has 3 aromatic rings. The molecule has 3 aromatic carbocycles. The van der Waals surface area contributed by atoms with E-state index in [1.54, 1.807) is 0 Å². The average Bonchev–Trinajstić information content (AvgIpc) is 3.26. The number of carbonyl (C=O) groups is 3. The minimum atomic E-state index is -1.37. The normalized spacial score (nSPS) is 18.4. The number of rotatable bonds is 11. The largest absolute Gasteiger partial charge is 0.457 e. The topological polar surface area (TPSA) is 150 Å². The Hall–Kier alpha value is -7.02. The molecular formula is C48H41N3O6. The summed E-state index contributed by atoms with van der Waals surface area (Å²) in [7, 11) is 0. The summed E-state index contributed by atoms with van der Waals surface area (Å²) in [5.74, 6) is -2.82. The van der Waals surface area contributed by atoms with Gasteiger partial charge in [-0.05, 0) is 108 Å². The Kier molecular flexibility index (Phi) is 13.6. The lowest BCUT2D eigenvalue weighted by Gasteiger charge is -2.21. The summed E-state index contributed by atoms with van der Waals surface area (Å²) in [4.78, 5) is 40.6. The van der Waals surface area contributed by atoms with Crippen molar-refractivity contribution in [2.24, 2.45) is 0 Å². The van der Waals surface area contributed by atoms with Crippen molar-refractivity contribution < 1.29 is 28.6 Å². The second kappa shape index (κ2) is 19.5. The Morgan fingerprint density at radius 2 is 0.789 bits per heavy atom. The number of nitrogens with zero attached hydrogens (tertiary/aromatic N) is 3. The third-order valence-electron chi connectivity index (χ3n) is 10.1. The lowest BCUT2D eigenvalue weighted by atomic mass is 9.88. The van der Waals surface area contributed by atoms with Gasteiger partial charge in [-0.25, -0.2) is 14.4 Å². The van der Waals surface area contributed by atoms with Crippen LogP contribution in [0.2, 0.25) is 0 Å². The minimum absolute atomic E-state index is 0.180. The highest BCUT2D eigenvalue weighted by molar-refractivity contribution is 5.97. The van der Waals surface area contributed by atoms with Crippen LogP contribution in [0, 0.1) is 34.0 Å². The third-order valence-corrected chi connectivity index (χ3v) is 10.1. The predicted octanol–water partition coefficient (Wildman–Crippen LogP) is 9.25. The molecular weight excluding hydrogens is 715 g/mol. The molecule has 0 N–H and O–H groups in total. The van der Waals surface area contributed by atoms with Crippen LogP contribution < -0.4 is 0 Å². The molecule has 0 heterocycles. The SMILES string of the molecule is N#C/C(C(=O)OCC(COC(=O)/C(C#N)=C1/C=C(c2ccccc2)CCC1)OC(=O)/C(C#N)=C1/C=C(c2ccccc2)CCC1)=C1\C=C(c2ccccc2)CCC1. The smallest absolute Gasteiger partial charge is 0.349 e. The highest BCUT2D eigenvalue weighted by Gasteiger charge is 2.28. The zero-order valence-corrected chi connectivity index (χ0v) is 31.5. The summed E-state index contributed by atoms with van der Waals surface area (Å²) in [6, 6.07) is 35.0. The van der Waals surface area contributed by atoms with Crippen LogP contribution in [0.4, 0.5) is 0 Å². The van der Waals surface area contributed by atoms with Crippen molar-refractivity contribution in [3.8, 4) is 18.2 Å². The lowest BCUT2D eigenvalue weighted by Crippen LogP contribution is -2.32. The maximum absolute atomic E-state index is 13.7. The molecule has 0 aromatic heterocycles. The standard InChI is InChI=1S/C48H41N3O6/c49-28-43(39-22-10-19-36(25-39)33-13-4-1-5-14-33)46(52)55-31-42(57-48(54)45(30-51)41-24-12-21-38(27-41)35-17-8-3-9-18-35)32-56-47(53)44(29-50)40-23-11-20-37(26-40)34-15-6-2-7-16-34/h1-9,13-18,25-27,42H,10-12,19-24,31-32H2/b43-39+,44-40+,45-41+. The van der Waals surface area contributed by atoms with Crippen molar-refractivity contribution in [1.82, 2.24) is 0 Å². The molecule has 0 aliphatic heterocycles. The van der Waals surface area contributed by atoms with Gasteiger partial charge in [0, 0.05) is 0 Å². The molecule has 3 aliphatic carbocycles. The number of ether oxygens (including phenoxy) is 3.